The monoisotopic (exact) mass is 389 g/mol. The predicted molar refractivity (Wildman–Crippen MR) is 114 cm³/mol. The third-order valence-corrected chi connectivity index (χ3v) is 4.93. The van der Waals surface area contributed by atoms with Gasteiger partial charge in [0.25, 0.3) is 5.91 Å². The summed E-state index contributed by atoms with van der Waals surface area (Å²) < 4.78 is 5.33. The van der Waals surface area contributed by atoms with E-state index >= 15 is 0 Å². The molecule has 0 unspecified atom stereocenters. The van der Waals surface area contributed by atoms with E-state index in [4.69, 9.17) is 4.74 Å². The van der Waals surface area contributed by atoms with Gasteiger partial charge in [-0.05, 0) is 57.2 Å². The zero-order chi connectivity index (χ0) is 20.2. The van der Waals surface area contributed by atoms with Crippen LogP contribution in [0.5, 0.6) is 0 Å². The Hall–Kier alpha value is -2.08. The fourth-order valence-electron chi connectivity index (χ4n) is 3.38. The van der Waals surface area contributed by atoms with Gasteiger partial charge in [0.15, 0.2) is 0 Å². The molecule has 6 heteroatoms. The summed E-state index contributed by atoms with van der Waals surface area (Å²) in [4.78, 5) is 27.2. The molecule has 0 atom stereocenters. The van der Waals surface area contributed by atoms with E-state index in [2.05, 4.69) is 22.5 Å². The largest absolute Gasteiger partial charge is 0.382 e. The quantitative estimate of drug-likeness (QED) is 0.562. The molecule has 1 heterocycles. The summed E-state index contributed by atoms with van der Waals surface area (Å²) in [6, 6.07) is 5.68. The van der Waals surface area contributed by atoms with E-state index in [0.29, 0.717) is 37.4 Å². The minimum absolute atomic E-state index is 0.00403. The molecule has 1 fully saturated rings. The molecule has 1 saturated heterocycles. The van der Waals surface area contributed by atoms with Crippen molar-refractivity contribution in [3.05, 3.63) is 23.8 Å². The van der Waals surface area contributed by atoms with Crippen molar-refractivity contribution in [1.82, 2.24) is 5.32 Å². The third kappa shape index (κ3) is 7.15. The van der Waals surface area contributed by atoms with Crippen molar-refractivity contribution in [1.29, 1.82) is 0 Å². The molecule has 6 nitrogen and oxygen atoms in total. The highest BCUT2D eigenvalue weighted by Crippen LogP contribution is 2.27. The lowest BCUT2D eigenvalue weighted by Gasteiger charge is -2.30. The molecule has 28 heavy (non-hydrogen) atoms. The van der Waals surface area contributed by atoms with Crippen LogP contribution in [0.4, 0.5) is 11.4 Å². The predicted octanol–water partition coefficient (Wildman–Crippen LogP) is 3.96. The minimum Gasteiger partial charge on any atom is -0.382 e. The summed E-state index contributed by atoms with van der Waals surface area (Å²) in [5.41, 5.74) is 2.27. The van der Waals surface area contributed by atoms with Crippen LogP contribution in [0.1, 0.15) is 69.2 Å². The lowest BCUT2D eigenvalue weighted by atomic mass is 10.1. The van der Waals surface area contributed by atoms with Crippen molar-refractivity contribution in [3.63, 3.8) is 0 Å². The minimum atomic E-state index is -0.0956. The van der Waals surface area contributed by atoms with Gasteiger partial charge >= 0.3 is 0 Å². The molecule has 1 aromatic rings. The summed E-state index contributed by atoms with van der Waals surface area (Å²) in [6.45, 7) is 7.86. The molecule has 1 aliphatic rings. The molecule has 0 saturated carbocycles. The summed E-state index contributed by atoms with van der Waals surface area (Å²) in [7, 11) is 0. The van der Waals surface area contributed by atoms with Crippen molar-refractivity contribution in [2.45, 2.75) is 58.8 Å². The fraction of sp³-hybridized carbons (Fsp3) is 0.636. The molecular weight excluding hydrogens is 354 g/mol. The van der Waals surface area contributed by atoms with Crippen LogP contribution >= 0.6 is 0 Å². The van der Waals surface area contributed by atoms with Gasteiger partial charge in [0.1, 0.15) is 0 Å². The number of carbonyl (C=O) groups is 2. The third-order valence-electron chi connectivity index (χ3n) is 4.93. The zero-order valence-corrected chi connectivity index (χ0v) is 17.4. The summed E-state index contributed by atoms with van der Waals surface area (Å²) >= 11 is 0. The number of unbranched alkanes of at least 4 members (excludes halogenated alkanes) is 1. The van der Waals surface area contributed by atoms with Crippen molar-refractivity contribution >= 4 is 23.2 Å². The molecule has 2 N–H and O–H groups in total. The van der Waals surface area contributed by atoms with Crippen molar-refractivity contribution < 1.29 is 14.3 Å². The van der Waals surface area contributed by atoms with Gasteiger partial charge in [-0.2, -0.15) is 0 Å². The number of ether oxygens (including phenoxy) is 1. The lowest BCUT2D eigenvalue weighted by molar-refractivity contribution is -0.116. The number of amides is 2. The van der Waals surface area contributed by atoms with Crippen molar-refractivity contribution in [2.75, 3.05) is 43.1 Å². The van der Waals surface area contributed by atoms with E-state index in [1.807, 2.05) is 25.1 Å². The summed E-state index contributed by atoms with van der Waals surface area (Å²) in [5.74, 6) is -0.0997. The second-order valence-electron chi connectivity index (χ2n) is 7.24. The second kappa shape index (κ2) is 12.4. The Morgan fingerprint density at radius 2 is 1.89 bits per heavy atom. The number of rotatable bonds is 11. The highest BCUT2D eigenvalue weighted by Gasteiger charge is 2.19. The Kier molecular flexibility index (Phi) is 9.83. The Morgan fingerprint density at radius 3 is 2.61 bits per heavy atom. The number of nitrogens with one attached hydrogen (secondary N) is 2. The van der Waals surface area contributed by atoms with E-state index in [9.17, 15) is 9.59 Å². The number of benzene rings is 1. The van der Waals surface area contributed by atoms with Gasteiger partial charge in [-0.3, -0.25) is 9.59 Å². The van der Waals surface area contributed by atoms with Crippen molar-refractivity contribution in [2.24, 2.45) is 0 Å². The number of hydrogen-bond donors (Lipinski definition) is 2. The molecule has 0 radical (unpaired) electrons. The molecule has 2 rings (SSSR count). The van der Waals surface area contributed by atoms with Crippen LogP contribution in [0.15, 0.2) is 18.2 Å². The smallest absolute Gasteiger partial charge is 0.253 e. The zero-order valence-electron chi connectivity index (χ0n) is 17.4. The number of carbonyl (C=O) groups excluding carboxylic acids is 2. The lowest BCUT2D eigenvalue weighted by Crippen LogP contribution is -2.33. The highest BCUT2D eigenvalue weighted by atomic mass is 16.5. The SMILES string of the molecule is CCCCC(=O)Nc1ccc(N2CCCCC2)c(C(=O)NCCCOCC)c1. The first-order chi connectivity index (χ1) is 13.7. The second-order valence-corrected chi connectivity index (χ2v) is 7.24. The molecule has 0 aromatic heterocycles. The number of nitrogens with zero attached hydrogens (tertiary/aromatic N) is 1. The van der Waals surface area contributed by atoms with Crippen LogP contribution in [0.25, 0.3) is 0 Å². The van der Waals surface area contributed by atoms with Crippen LogP contribution in [0, 0.1) is 0 Å². The van der Waals surface area contributed by atoms with Crippen LogP contribution < -0.4 is 15.5 Å². The van der Waals surface area contributed by atoms with E-state index in [1.54, 1.807) is 0 Å². The normalized spacial score (nSPS) is 14.0. The van der Waals surface area contributed by atoms with E-state index in [1.165, 1.54) is 6.42 Å². The maximum absolute atomic E-state index is 12.9. The summed E-state index contributed by atoms with van der Waals surface area (Å²) in [5, 5.41) is 5.92. The first-order valence-corrected chi connectivity index (χ1v) is 10.7. The van der Waals surface area contributed by atoms with Gasteiger partial charge in [0.2, 0.25) is 5.91 Å². The van der Waals surface area contributed by atoms with Crippen LogP contribution in [-0.4, -0.2) is 44.7 Å². The Morgan fingerprint density at radius 1 is 1.11 bits per heavy atom. The highest BCUT2D eigenvalue weighted by molar-refractivity contribution is 6.02. The van der Waals surface area contributed by atoms with Crippen molar-refractivity contribution in [3.8, 4) is 0 Å². The van der Waals surface area contributed by atoms with E-state index < -0.39 is 0 Å². The van der Waals surface area contributed by atoms with Gasteiger partial charge in [-0.25, -0.2) is 0 Å². The molecule has 1 aromatic carbocycles. The Labute approximate surface area is 169 Å². The Balaban J connectivity index is 2.10. The summed E-state index contributed by atoms with van der Waals surface area (Å²) in [6.07, 6.45) is 6.66. The number of hydrogen-bond acceptors (Lipinski definition) is 4. The number of anilines is 2. The molecule has 1 aliphatic heterocycles. The van der Waals surface area contributed by atoms with Crippen LogP contribution in [0.3, 0.4) is 0 Å². The Bertz CT molecular complexity index is 627. The molecule has 0 aliphatic carbocycles. The maximum Gasteiger partial charge on any atom is 0.253 e. The van der Waals surface area contributed by atoms with E-state index in [-0.39, 0.29) is 11.8 Å². The molecule has 2 amide bonds. The van der Waals surface area contributed by atoms with Gasteiger partial charge in [-0.15, -0.1) is 0 Å². The standard InChI is InChI=1S/C22H35N3O3/c1-3-5-10-21(26)24-18-11-12-20(25-14-7-6-8-15-25)19(17-18)22(27)23-13-9-16-28-4-2/h11-12,17H,3-10,13-16H2,1-2H3,(H,23,27)(H,24,26). The van der Waals surface area contributed by atoms with Gasteiger partial charge in [0.05, 0.1) is 5.56 Å². The molecule has 0 spiro atoms. The van der Waals surface area contributed by atoms with E-state index in [0.717, 1.165) is 50.9 Å². The fourth-order valence-corrected chi connectivity index (χ4v) is 3.38. The first-order valence-electron chi connectivity index (χ1n) is 10.7. The maximum atomic E-state index is 12.9. The average molecular weight is 390 g/mol. The van der Waals surface area contributed by atoms with Crippen LogP contribution in [-0.2, 0) is 9.53 Å². The van der Waals surface area contributed by atoms with Gasteiger partial charge in [0, 0.05) is 50.6 Å². The molecule has 0 bridgehead atoms. The average Bonchev–Trinajstić information content (AvgIpc) is 2.72. The topological polar surface area (TPSA) is 70.7 Å². The number of piperidine rings is 1. The van der Waals surface area contributed by atoms with Gasteiger partial charge < -0.3 is 20.3 Å². The first kappa shape index (κ1) is 22.2. The van der Waals surface area contributed by atoms with Crippen LogP contribution in [0.2, 0.25) is 0 Å². The molecule has 156 valence electrons. The molecular formula is C22H35N3O3. The van der Waals surface area contributed by atoms with Gasteiger partial charge in [-0.1, -0.05) is 13.3 Å².